The van der Waals surface area contributed by atoms with Crippen molar-refractivity contribution in [3.05, 3.63) is 99.2 Å². The van der Waals surface area contributed by atoms with E-state index in [2.05, 4.69) is 10.3 Å². The van der Waals surface area contributed by atoms with E-state index in [-0.39, 0.29) is 11.1 Å². The van der Waals surface area contributed by atoms with E-state index in [4.69, 9.17) is 23.2 Å². The van der Waals surface area contributed by atoms with Gasteiger partial charge >= 0.3 is 0 Å². The van der Waals surface area contributed by atoms with Crippen LogP contribution in [0.15, 0.2) is 76.7 Å². The van der Waals surface area contributed by atoms with Gasteiger partial charge in [-0.3, -0.25) is 9.78 Å². The molecule has 1 aromatic heterocycles. The van der Waals surface area contributed by atoms with E-state index in [1.54, 1.807) is 67.7 Å². The molecule has 4 rings (SSSR count). The maximum absolute atomic E-state index is 15.0. The fourth-order valence-electron chi connectivity index (χ4n) is 3.70. The van der Waals surface area contributed by atoms with Crippen LogP contribution in [0.1, 0.15) is 27.0 Å². The molecule has 0 saturated heterocycles. The lowest BCUT2D eigenvalue weighted by Crippen LogP contribution is -2.35. The number of amides is 1. The summed E-state index contributed by atoms with van der Waals surface area (Å²) in [5.74, 6) is -3.83. The number of fused-ring (bicyclic) bond motifs is 1. The summed E-state index contributed by atoms with van der Waals surface area (Å²) in [4.78, 5) is 19.0. The molecule has 0 aliphatic rings. The van der Waals surface area contributed by atoms with Gasteiger partial charge < -0.3 is 5.32 Å². The van der Waals surface area contributed by atoms with Crippen LogP contribution in [-0.4, -0.2) is 17.4 Å². The first-order valence-electron chi connectivity index (χ1n) is 10.4. The number of carbonyl (C=O) groups is 1. The van der Waals surface area contributed by atoms with Crippen LogP contribution in [0.3, 0.4) is 0 Å². The molecular formula is C26H20Cl2F2N2OS. The predicted molar refractivity (Wildman–Crippen MR) is 134 cm³/mol. The Morgan fingerprint density at radius 1 is 1.03 bits per heavy atom. The van der Waals surface area contributed by atoms with E-state index in [1.807, 2.05) is 6.92 Å². The third-order valence-electron chi connectivity index (χ3n) is 5.33. The number of halogens is 4. The van der Waals surface area contributed by atoms with Crippen LogP contribution < -0.4 is 5.32 Å². The summed E-state index contributed by atoms with van der Waals surface area (Å²) in [5.41, 5.74) is 2.13. The number of hydrogen-bond donors (Lipinski definition) is 1. The highest BCUT2D eigenvalue weighted by Crippen LogP contribution is 2.36. The van der Waals surface area contributed by atoms with Gasteiger partial charge in [0.25, 0.3) is 11.8 Å². The largest absolute Gasteiger partial charge is 0.346 e. The molecule has 0 saturated carbocycles. The Labute approximate surface area is 210 Å². The van der Waals surface area contributed by atoms with E-state index in [0.29, 0.717) is 31.4 Å². The monoisotopic (exact) mass is 516 g/mol. The molecule has 3 aromatic carbocycles. The number of nitrogens with one attached hydrogen (secondary N) is 1. The van der Waals surface area contributed by atoms with Gasteiger partial charge in [-0.15, -0.1) is 0 Å². The van der Waals surface area contributed by atoms with E-state index >= 15 is 8.78 Å². The van der Waals surface area contributed by atoms with Gasteiger partial charge in [-0.25, -0.2) is 0 Å². The molecule has 1 heterocycles. The normalized spacial score (nSPS) is 11.6. The fourth-order valence-corrected chi connectivity index (χ4v) is 5.04. The topological polar surface area (TPSA) is 42.0 Å². The van der Waals surface area contributed by atoms with Gasteiger partial charge in [0.05, 0.1) is 27.7 Å². The number of pyridine rings is 1. The van der Waals surface area contributed by atoms with E-state index in [0.717, 1.165) is 10.5 Å². The molecular weight excluding hydrogens is 497 g/mol. The standard InChI is InChI=1S/C26H20Cl2F2N2OS/c1-15-7-9-19(16(2)11-15)26(29,30)14-32-25(33)24-18-5-3-4-6-22(18)31-13-23(24)34-17-8-10-20(27)21(28)12-17/h3-13H,14H2,1-2H3,(H,32,33). The Balaban J connectivity index is 1.67. The summed E-state index contributed by atoms with van der Waals surface area (Å²) in [6, 6.07) is 16.9. The number of para-hydroxylation sites is 1. The molecule has 3 nitrogen and oxygen atoms in total. The van der Waals surface area contributed by atoms with Gasteiger partial charge in [-0.1, -0.05) is 76.9 Å². The van der Waals surface area contributed by atoms with Crippen LogP contribution in [0.2, 0.25) is 10.0 Å². The van der Waals surface area contributed by atoms with Crippen molar-refractivity contribution < 1.29 is 13.6 Å². The number of rotatable bonds is 6. The van der Waals surface area contributed by atoms with Crippen LogP contribution in [0.5, 0.6) is 0 Å². The van der Waals surface area contributed by atoms with Gasteiger partial charge in [-0.2, -0.15) is 8.78 Å². The third kappa shape index (κ3) is 5.19. The number of aromatic nitrogens is 1. The Morgan fingerprint density at radius 3 is 2.53 bits per heavy atom. The summed E-state index contributed by atoms with van der Waals surface area (Å²) < 4.78 is 30.0. The Kier molecular flexibility index (Phi) is 7.12. The summed E-state index contributed by atoms with van der Waals surface area (Å²) in [7, 11) is 0. The van der Waals surface area contributed by atoms with Crippen LogP contribution in [0.25, 0.3) is 10.9 Å². The van der Waals surface area contributed by atoms with Crippen molar-refractivity contribution in [1.82, 2.24) is 10.3 Å². The van der Waals surface area contributed by atoms with Gasteiger partial charge in [0.1, 0.15) is 0 Å². The maximum atomic E-state index is 15.0. The highest BCUT2D eigenvalue weighted by molar-refractivity contribution is 7.99. The molecule has 8 heteroatoms. The zero-order valence-corrected chi connectivity index (χ0v) is 20.7. The van der Waals surface area contributed by atoms with Crippen molar-refractivity contribution in [3.8, 4) is 0 Å². The minimum atomic E-state index is -3.23. The molecule has 0 spiro atoms. The highest BCUT2D eigenvalue weighted by Gasteiger charge is 2.34. The molecule has 0 unspecified atom stereocenters. The second kappa shape index (κ2) is 9.90. The molecule has 4 aromatic rings. The molecule has 0 aliphatic heterocycles. The molecule has 1 N–H and O–H groups in total. The first kappa shape index (κ1) is 24.5. The maximum Gasteiger partial charge on any atom is 0.290 e. The first-order valence-corrected chi connectivity index (χ1v) is 12.0. The summed E-state index contributed by atoms with van der Waals surface area (Å²) in [6.45, 7) is 2.65. The number of benzene rings is 3. The molecule has 1 amide bonds. The van der Waals surface area contributed by atoms with E-state index in [9.17, 15) is 4.79 Å². The lowest BCUT2D eigenvalue weighted by atomic mass is 10.00. The van der Waals surface area contributed by atoms with E-state index < -0.39 is 18.4 Å². The molecule has 174 valence electrons. The van der Waals surface area contributed by atoms with Crippen molar-refractivity contribution in [2.45, 2.75) is 29.6 Å². The first-order chi connectivity index (χ1) is 16.2. The minimum absolute atomic E-state index is 0.108. The molecule has 0 aliphatic carbocycles. The van der Waals surface area contributed by atoms with Crippen LogP contribution in [0.4, 0.5) is 8.78 Å². The number of alkyl halides is 2. The summed E-state index contributed by atoms with van der Waals surface area (Å²) in [6.07, 6.45) is 1.56. The Hall–Kier alpha value is -2.67. The van der Waals surface area contributed by atoms with Crippen LogP contribution >= 0.6 is 35.0 Å². The molecule has 0 radical (unpaired) electrons. The smallest absolute Gasteiger partial charge is 0.290 e. The average Bonchev–Trinajstić information content (AvgIpc) is 2.79. The second-order valence-electron chi connectivity index (χ2n) is 7.90. The summed E-state index contributed by atoms with van der Waals surface area (Å²) in [5, 5.41) is 3.80. The molecule has 0 bridgehead atoms. The number of carbonyl (C=O) groups excluding carboxylic acids is 1. The second-order valence-corrected chi connectivity index (χ2v) is 9.83. The van der Waals surface area contributed by atoms with Crippen molar-refractivity contribution in [2.24, 2.45) is 0 Å². The van der Waals surface area contributed by atoms with Crippen molar-refractivity contribution in [3.63, 3.8) is 0 Å². The minimum Gasteiger partial charge on any atom is -0.346 e. The third-order valence-corrected chi connectivity index (χ3v) is 7.09. The van der Waals surface area contributed by atoms with Gasteiger partial charge in [0.2, 0.25) is 0 Å². The van der Waals surface area contributed by atoms with Crippen LogP contribution in [0, 0.1) is 13.8 Å². The van der Waals surface area contributed by atoms with E-state index in [1.165, 1.54) is 17.8 Å². The zero-order valence-electron chi connectivity index (χ0n) is 18.3. The molecule has 34 heavy (non-hydrogen) atoms. The predicted octanol–water partition coefficient (Wildman–Crippen LogP) is 7.83. The lowest BCUT2D eigenvalue weighted by Gasteiger charge is -2.20. The molecule has 0 atom stereocenters. The average molecular weight is 517 g/mol. The Morgan fingerprint density at radius 2 is 1.79 bits per heavy atom. The number of aryl methyl sites for hydroxylation is 2. The zero-order chi connectivity index (χ0) is 24.5. The van der Waals surface area contributed by atoms with Gasteiger partial charge in [0, 0.05) is 26.9 Å². The fraction of sp³-hybridized carbons (Fsp3) is 0.154. The number of hydrogen-bond acceptors (Lipinski definition) is 3. The SMILES string of the molecule is Cc1ccc(C(F)(F)CNC(=O)c2c(Sc3ccc(Cl)c(Cl)c3)cnc3ccccc23)c(C)c1. The Bertz CT molecular complexity index is 1390. The van der Waals surface area contributed by atoms with Crippen molar-refractivity contribution in [1.29, 1.82) is 0 Å². The van der Waals surface area contributed by atoms with Crippen molar-refractivity contribution in [2.75, 3.05) is 6.54 Å². The highest BCUT2D eigenvalue weighted by atomic mass is 35.5. The number of nitrogens with zero attached hydrogens (tertiary/aromatic N) is 1. The van der Waals surface area contributed by atoms with Crippen molar-refractivity contribution >= 4 is 51.8 Å². The quantitative estimate of drug-likeness (QED) is 0.283. The molecule has 0 fully saturated rings. The summed E-state index contributed by atoms with van der Waals surface area (Å²) >= 11 is 13.4. The van der Waals surface area contributed by atoms with Gasteiger partial charge in [0.15, 0.2) is 0 Å². The van der Waals surface area contributed by atoms with Gasteiger partial charge in [-0.05, 0) is 43.7 Å². The van der Waals surface area contributed by atoms with Crippen LogP contribution in [-0.2, 0) is 5.92 Å². The lowest BCUT2D eigenvalue weighted by molar-refractivity contribution is -0.00308.